The van der Waals surface area contributed by atoms with Crippen molar-refractivity contribution in [2.75, 3.05) is 0 Å². The number of aryl methyl sites for hydroxylation is 1. The minimum absolute atomic E-state index is 0.551. The summed E-state index contributed by atoms with van der Waals surface area (Å²) in [6.45, 7) is 2.03. The molecule has 0 spiro atoms. The molecule has 1 unspecified atom stereocenters. The molecule has 0 aliphatic carbocycles. The zero-order valence-electron chi connectivity index (χ0n) is 7.20. The highest BCUT2D eigenvalue weighted by atomic mass is 16.3. The molecule has 0 fully saturated rings. The zero-order valence-corrected chi connectivity index (χ0v) is 7.20. The van der Waals surface area contributed by atoms with E-state index in [0.29, 0.717) is 0 Å². The molecular weight excluding hydrogens is 152 g/mol. The molecule has 0 bridgehead atoms. The second-order valence-corrected chi connectivity index (χ2v) is 3.09. The van der Waals surface area contributed by atoms with Gasteiger partial charge in [-0.25, -0.2) is 0 Å². The predicted molar refractivity (Wildman–Crippen MR) is 47.3 cm³/mol. The van der Waals surface area contributed by atoms with Gasteiger partial charge in [0.1, 0.15) is 0 Å². The molecule has 3 nitrogen and oxygen atoms in total. The molecular formula is C9H12N2O. The van der Waals surface area contributed by atoms with Gasteiger partial charge in [-0.3, -0.25) is 0 Å². The highest BCUT2D eigenvalue weighted by molar-refractivity contribution is 5.54. The van der Waals surface area contributed by atoms with E-state index in [4.69, 9.17) is 0 Å². The summed E-state index contributed by atoms with van der Waals surface area (Å²) in [4.78, 5) is 0. The van der Waals surface area contributed by atoms with Crippen LogP contribution in [0, 0.1) is 6.92 Å². The van der Waals surface area contributed by atoms with Crippen LogP contribution in [0.4, 0.5) is 0 Å². The second kappa shape index (κ2) is 2.38. The average molecular weight is 164 g/mol. The molecule has 1 aliphatic heterocycles. The number of aliphatic hydroxyl groups excluding tert-OH is 1. The van der Waals surface area contributed by atoms with Crippen LogP contribution < -0.4 is 5.32 Å². The van der Waals surface area contributed by atoms with E-state index in [-0.39, 0.29) is 0 Å². The molecule has 0 radical (unpaired) electrons. The molecule has 2 N–H and O–H groups in total. The second-order valence-electron chi connectivity index (χ2n) is 3.09. The minimum Gasteiger partial charge on any atom is -0.369 e. The number of aliphatic hydroxyl groups is 1. The Hall–Kier alpha value is -1.22. The summed E-state index contributed by atoms with van der Waals surface area (Å²) in [7, 11) is 2.00. The van der Waals surface area contributed by atoms with Gasteiger partial charge >= 0.3 is 0 Å². The number of fused-ring (bicyclic) bond motifs is 1. The van der Waals surface area contributed by atoms with Crippen LogP contribution >= 0.6 is 0 Å². The summed E-state index contributed by atoms with van der Waals surface area (Å²) >= 11 is 0. The van der Waals surface area contributed by atoms with Gasteiger partial charge in [-0.15, -0.1) is 0 Å². The summed E-state index contributed by atoms with van der Waals surface area (Å²) < 4.78 is 2.07. The topological polar surface area (TPSA) is 37.2 Å². The summed E-state index contributed by atoms with van der Waals surface area (Å²) in [5.74, 6) is 0. The summed E-state index contributed by atoms with van der Waals surface area (Å²) in [5.41, 5.74) is 3.20. The van der Waals surface area contributed by atoms with Gasteiger partial charge in [-0.2, -0.15) is 0 Å². The van der Waals surface area contributed by atoms with Gasteiger partial charge < -0.3 is 15.0 Å². The molecule has 1 aliphatic rings. The van der Waals surface area contributed by atoms with E-state index >= 15 is 0 Å². The predicted octanol–water partition coefficient (Wildman–Crippen LogP) is 0.898. The Bertz CT molecular complexity index is 339. The van der Waals surface area contributed by atoms with E-state index in [9.17, 15) is 5.11 Å². The Kier molecular flexibility index (Phi) is 1.48. The van der Waals surface area contributed by atoms with E-state index in [2.05, 4.69) is 9.88 Å². The number of hydrogen-bond donors (Lipinski definition) is 2. The van der Waals surface area contributed by atoms with Gasteiger partial charge in [0.2, 0.25) is 0 Å². The van der Waals surface area contributed by atoms with E-state index in [1.807, 2.05) is 26.1 Å². The van der Waals surface area contributed by atoms with E-state index in [1.54, 1.807) is 6.20 Å². The van der Waals surface area contributed by atoms with Crippen LogP contribution in [0.1, 0.15) is 23.2 Å². The van der Waals surface area contributed by atoms with Crippen molar-refractivity contribution in [3.63, 3.8) is 0 Å². The summed E-state index contributed by atoms with van der Waals surface area (Å²) in [5, 5.41) is 12.4. The number of hydrogen-bond acceptors (Lipinski definition) is 2. The van der Waals surface area contributed by atoms with Crippen LogP contribution in [0.5, 0.6) is 0 Å². The maximum Gasteiger partial charge on any atom is 0.152 e. The molecule has 2 rings (SSSR count). The Morgan fingerprint density at radius 2 is 2.33 bits per heavy atom. The monoisotopic (exact) mass is 164 g/mol. The number of nitrogens with zero attached hydrogens (tertiary/aromatic N) is 1. The smallest absolute Gasteiger partial charge is 0.152 e. The van der Waals surface area contributed by atoms with Crippen molar-refractivity contribution in [1.82, 2.24) is 9.88 Å². The fraction of sp³-hybridized carbons (Fsp3) is 0.333. The number of aromatic nitrogens is 1. The largest absolute Gasteiger partial charge is 0.369 e. The van der Waals surface area contributed by atoms with Crippen molar-refractivity contribution in [3.8, 4) is 0 Å². The van der Waals surface area contributed by atoms with E-state index < -0.39 is 6.23 Å². The lowest BCUT2D eigenvalue weighted by atomic mass is 10.1. The first-order valence-electron chi connectivity index (χ1n) is 3.97. The van der Waals surface area contributed by atoms with E-state index in [1.165, 1.54) is 0 Å². The van der Waals surface area contributed by atoms with Gasteiger partial charge in [0.15, 0.2) is 6.23 Å². The van der Waals surface area contributed by atoms with Crippen LogP contribution in [-0.2, 0) is 7.05 Å². The first-order chi connectivity index (χ1) is 5.70. The number of nitrogens with one attached hydrogen (secondary N) is 1. The quantitative estimate of drug-likeness (QED) is 0.597. The molecule has 0 amide bonds. The third-order valence-electron chi connectivity index (χ3n) is 2.34. The molecule has 12 heavy (non-hydrogen) atoms. The van der Waals surface area contributed by atoms with Crippen molar-refractivity contribution < 1.29 is 5.11 Å². The van der Waals surface area contributed by atoms with E-state index in [0.717, 1.165) is 17.0 Å². The van der Waals surface area contributed by atoms with Gasteiger partial charge in [-0.1, -0.05) is 0 Å². The van der Waals surface area contributed by atoms with Crippen LogP contribution in [0.15, 0.2) is 12.3 Å². The Morgan fingerprint density at radius 1 is 1.58 bits per heavy atom. The maximum absolute atomic E-state index is 9.52. The molecule has 1 aromatic rings. The minimum atomic E-state index is -0.551. The molecule has 2 heterocycles. The molecule has 1 atom stereocenters. The molecule has 1 aromatic heterocycles. The van der Waals surface area contributed by atoms with Crippen LogP contribution in [0.2, 0.25) is 0 Å². The number of rotatable bonds is 0. The Labute approximate surface area is 71.3 Å². The summed E-state index contributed by atoms with van der Waals surface area (Å²) in [6.07, 6.45) is 3.19. The van der Waals surface area contributed by atoms with Gasteiger partial charge in [0, 0.05) is 30.2 Å². The highest BCUT2D eigenvalue weighted by Gasteiger charge is 2.17. The first kappa shape index (κ1) is 7.43. The standard InChI is InChI=1S/C9H12N2O/c1-6-5-7-8(11(6)2)3-4-10-9(7)12/h3-5,9-10,12H,1-2H3. The Balaban J connectivity index is 2.62. The third kappa shape index (κ3) is 0.865. The Morgan fingerprint density at radius 3 is 3.00 bits per heavy atom. The van der Waals surface area contributed by atoms with Crippen molar-refractivity contribution in [3.05, 3.63) is 29.2 Å². The van der Waals surface area contributed by atoms with Gasteiger partial charge in [-0.05, 0) is 19.1 Å². The third-order valence-corrected chi connectivity index (χ3v) is 2.34. The molecule has 0 saturated carbocycles. The van der Waals surface area contributed by atoms with Crippen LogP contribution in [0.3, 0.4) is 0 Å². The first-order valence-corrected chi connectivity index (χ1v) is 3.97. The van der Waals surface area contributed by atoms with Crippen LogP contribution in [0.25, 0.3) is 6.08 Å². The molecule has 64 valence electrons. The van der Waals surface area contributed by atoms with Crippen LogP contribution in [-0.4, -0.2) is 9.67 Å². The lowest BCUT2D eigenvalue weighted by molar-refractivity contribution is 0.154. The SMILES string of the molecule is Cc1cc2c(n1C)C=CNC2O. The lowest BCUT2D eigenvalue weighted by Gasteiger charge is -2.15. The average Bonchev–Trinajstić information content (AvgIpc) is 2.32. The lowest BCUT2D eigenvalue weighted by Crippen LogP contribution is -2.18. The van der Waals surface area contributed by atoms with Gasteiger partial charge in [0.05, 0.1) is 0 Å². The fourth-order valence-electron chi connectivity index (χ4n) is 1.51. The van der Waals surface area contributed by atoms with Gasteiger partial charge in [0.25, 0.3) is 0 Å². The van der Waals surface area contributed by atoms with Crippen molar-refractivity contribution in [1.29, 1.82) is 0 Å². The highest BCUT2D eigenvalue weighted by Crippen LogP contribution is 2.24. The maximum atomic E-state index is 9.52. The van der Waals surface area contributed by atoms with Crippen molar-refractivity contribution in [2.45, 2.75) is 13.2 Å². The zero-order chi connectivity index (χ0) is 8.72. The normalized spacial score (nSPS) is 20.4. The van der Waals surface area contributed by atoms with Crippen molar-refractivity contribution in [2.24, 2.45) is 7.05 Å². The molecule has 3 heteroatoms. The molecule has 0 saturated heterocycles. The fourth-order valence-corrected chi connectivity index (χ4v) is 1.51. The summed E-state index contributed by atoms with van der Waals surface area (Å²) in [6, 6.07) is 2.00. The van der Waals surface area contributed by atoms with Crippen molar-refractivity contribution >= 4 is 6.08 Å². The molecule has 0 aromatic carbocycles.